The van der Waals surface area contributed by atoms with E-state index >= 15 is 0 Å². The summed E-state index contributed by atoms with van der Waals surface area (Å²) in [7, 11) is 4.52. The number of carbonyl (C=O) groups excluding carboxylic acids is 2. The second-order valence-electron chi connectivity index (χ2n) is 5.04. The summed E-state index contributed by atoms with van der Waals surface area (Å²) in [6.45, 7) is 0. The second kappa shape index (κ2) is 8.58. The topological polar surface area (TPSA) is 85.9 Å². The first kappa shape index (κ1) is 18.1. The van der Waals surface area contributed by atoms with E-state index in [1.54, 1.807) is 42.5 Å². The smallest absolute Gasteiger partial charge is 0.233 e. The highest BCUT2D eigenvalue weighted by Crippen LogP contribution is 2.29. The number of methoxy groups -OCH3 is 3. The first-order chi connectivity index (χ1) is 12.1. The number of para-hydroxylation sites is 2. The first-order valence-electron chi connectivity index (χ1n) is 7.52. The standard InChI is InChI=1S/C18H20N2O5/c1-23-12-8-9-16(25-3)14(10-12)20-18(22)11-17(21)19-13-6-4-5-7-15(13)24-2/h4-10H,11H2,1-3H3,(H,19,21)(H,20,22). The van der Waals surface area contributed by atoms with E-state index in [1.807, 2.05) is 0 Å². The fourth-order valence-electron chi connectivity index (χ4n) is 2.19. The largest absolute Gasteiger partial charge is 0.497 e. The Balaban J connectivity index is 2.01. The van der Waals surface area contributed by atoms with Crippen molar-refractivity contribution in [1.82, 2.24) is 0 Å². The monoisotopic (exact) mass is 344 g/mol. The molecule has 0 aliphatic rings. The number of carbonyl (C=O) groups is 2. The van der Waals surface area contributed by atoms with Crippen molar-refractivity contribution >= 4 is 23.2 Å². The number of hydrogen-bond acceptors (Lipinski definition) is 5. The van der Waals surface area contributed by atoms with Gasteiger partial charge in [0.05, 0.1) is 32.7 Å². The molecule has 2 aromatic rings. The lowest BCUT2D eigenvalue weighted by Gasteiger charge is -2.12. The predicted molar refractivity (Wildman–Crippen MR) is 94.4 cm³/mol. The number of anilines is 2. The highest BCUT2D eigenvalue weighted by Gasteiger charge is 2.14. The van der Waals surface area contributed by atoms with Crippen LogP contribution in [-0.2, 0) is 9.59 Å². The summed E-state index contributed by atoms with van der Waals surface area (Å²) in [5.74, 6) is 0.627. The van der Waals surface area contributed by atoms with Gasteiger partial charge in [-0.25, -0.2) is 0 Å². The molecule has 25 heavy (non-hydrogen) atoms. The molecule has 0 fully saturated rings. The van der Waals surface area contributed by atoms with Crippen molar-refractivity contribution in [3.05, 3.63) is 42.5 Å². The molecule has 0 saturated carbocycles. The number of nitrogens with one attached hydrogen (secondary N) is 2. The fourth-order valence-corrected chi connectivity index (χ4v) is 2.19. The summed E-state index contributed by atoms with van der Waals surface area (Å²) in [6.07, 6.45) is -0.349. The van der Waals surface area contributed by atoms with Crippen molar-refractivity contribution in [3.63, 3.8) is 0 Å². The van der Waals surface area contributed by atoms with Crippen LogP contribution in [0.2, 0.25) is 0 Å². The molecule has 0 bridgehead atoms. The van der Waals surface area contributed by atoms with Gasteiger partial charge in [-0.3, -0.25) is 9.59 Å². The van der Waals surface area contributed by atoms with Gasteiger partial charge in [-0.2, -0.15) is 0 Å². The maximum absolute atomic E-state index is 12.1. The van der Waals surface area contributed by atoms with Crippen LogP contribution in [0.25, 0.3) is 0 Å². The maximum Gasteiger partial charge on any atom is 0.233 e. The maximum atomic E-state index is 12.1. The number of amides is 2. The van der Waals surface area contributed by atoms with Gasteiger partial charge in [-0.1, -0.05) is 12.1 Å². The minimum absolute atomic E-state index is 0.349. The molecule has 2 rings (SSSR count). The van der Waals surface area contributed by atoms with Gasteiger partial charge < -0.3 is 24.8 Å². The molecule has 0 unspecified atom stereocenters. The molecule has 7 nitrogen and oxygen atoms in total. The molecule has 0 saturated heterocycles. The number of ether oxygens (including phenoxy) is 3. The van der Waals surface area contributed by atoms with E-state index in [9.17, 15) is 9.59 Å². The van der Waals surface area contributed by atoms with Crippen molar-refractivity contribution in [2.24, 2.45) is 0 Å². The highest BCUT2D eigenvalue weighted by molar-refractivity contribution is 6.08. The molecular formula is C18H20N2O5. The van der Waals surface area contributed by atoms with Crippen molar-refractivity contribution in [2.45, 2.75) is 6.42 Å². The average Bonchev–Trinajstić information content (AvgIpc) is 2.61. The van der Waals surface area contributed by atoms with Gasteiger partial charge in [-0.05, 0) is 24.3 Å². The fraction of sp³-hybridized carbons (Fsp3) is 0.222. The van der Waals surface area contributed by atoms with Crippen molar-refractivity contribution in [3.8, 4) is 17.2 Å². The summed E-state index contributed by atoms with van der Waals surface area (Å²) in [6, 6.07) is 12.0. The zero-order valence-electron chi connectivity index (χ0n) is 14.3. The van der Waals surface area contributed by atoms with Gasteiger partial charge in [0.15, 0.2) is 0 Å². The average molecular weight is 344 g/mol. The lowest BCUT2D eigenvalue weighted by Crippen LogP contribution is -2.22. The van der Waals surface area contributed by atoms with Gasteiger partial charge in [-0.15, -0.1) is 0 Å². The van der Waals surface area contributed by atoms with Crippen LogP contribution in [0.15, 0.2) is 42.5 Å². The molecule has 0 aromatic heterocycles. The van der Waals surface area contributed by atoms with Gasteiger partial charge in [0.1, 0.15) is 23.7 Å². The molecule has 0 radical (unpaired) electrons. The summed E-state index contributed by atoms with van der Waals surface area (Å²) in [5.41, 5.74) is 0.929. The minimum Gasteiger partial charge on any atom is -0.497 e. The van der Waals surface area contributed by atoms with Gasteiger partial charge in [0.2, 0.25) is 11.8 Å². The van der Waals surface area contributed by atoms with E-state index in [0.29, 0.717) is 28.6 Å². The Hall–Kier alpha value is -3.22. The molecule has 132 valence electrons. The van der Waals surface area contributed by atoms with Crippen LogP contribution in [0.5, 0.6) is 17.2 Å². The number of benzene rings is 2. The van der Waals surface area contributed by atoms with E-state index in [2.05, 4.69) is 10.6 Å². The first-order valence-corrected chi connectivity index (χ1v) is 7.52. The lowest BCUT2D eigenvalue weighted by molar-refractivity contribution is -0.123. The van der Waals surface area contributed by atoms with Crippen LogP contribution < -0.4 is 24.8 Å². The van der Waals surface area contributed by atoms with E-state index in [-0.39, 0.29) is 6.42 Å². The summed E-state index contributed by atoms with van der Waals surface area (Å²) in [5, 5.41) is 5.29. The normalized spacial score (nSPS) is 9.88. The Morgan fingerprint density at radius 2 is 1.40 bits per heavy atom. The van der Waals surface area contributed by atoms with E-state index in [4.69, 9.17) is 14.2 Å². The summed E-state index contributed by atoms with van der Waals surface area (Å²) >= 11 is 0. The number of rotatable bonds is 7. The third-order valence-corrected chi connectivity index (χ3v) is 3.38. The van der Waals surface area contributed by atoms with E-state index in [0.717, 1.165) is 0 Å². The van der Waals surface area contributed by atoms with Crippen LogP contribution in [0.3, 0.4) is 0 Å². The molecule has 0 atom stereocenters. The third-order valence-electron chi connectivity index (χ3n) is 3.38. The van der Waals surface area contributed by atoms with Gasteiger partial charge in [0, 0.05) is 6.07 Å². The van der Waals surface area contributed by atoms with Crippen LogP contribution in [0, 0.1) is 0 Å². The van der Waals surface area contributed by atoms with Gasteiger partial charge in [0.25, 0.3) is 0 Å². The minimum atomic E-state index is -0.473. The molecule has 0 spiro atoms. The summed E-state index contributed by atoms with van der Waals surface area (Å²) < 4.78 is 15.5. The van der Waals surface area contributed by atoms with Crippen molar-refractivity contribution < 1.29 is 23.8 Å². The Labute approximate surface area is 145 Å². The molecule has 0 aliphatic heterocycles. The predicted octanol–water partition coefficient (Wildman–Crippen LogP) is 2.68. The van der Waals surface area contributed by atoms with Crippen LogP contribution in [-0.4, -0.2) is 33.1 Å². The quantitative estimate of drug-likeness (QED) is 0.754. The van der Waals surface area contributed by atoms with Crippen LogP contribution >= 0.6 is 0 Å². The Kier molecular flexibility index (Phi) is 6.22. The van der Waals surface area contributed by atoms with E-state index < -0.39 is 11.8 Å². The lowest BCUT2D eigenvalue weighted by atomic mass is 10.2. The highest BCUT2D eigenvalue weighted by atomic mass is 16.5. The van der Waals surface area contributed by atoms with Crippen LogP contribution in [0.4, 0.5) is 11.4 Å². The molecule has 2 aromatic carbocycles. The molecule has 0 heterocycles. The third kappa shape index (κ3) is 4.87. The Bertz CT molecular complexity index is 761. The van der Waals surface area contributed by atoms with Crippen molar-refractivity contribution in [1.29, 1.82) is 0 Å². The SMILES string of the molecule is COc1ccc(OC)c(NC(=O)CC(=O)Nc2ccccc2OC)c1. The molecule has 0 aliphatic carbocycles. The molecular weight excluding hydrogens is 324 g/mol. The van der Waals surface area contributed by atoms with Crippen molar-refractivity contribution in [2.75, 3.05) is 32.0 Å². The number of hydrogen-bond donors (Lipinski definition) is 2. The molecule has 2 amide bonds. The van der Waals surface area contributed by atoms with Crippen LogP contribution in [0.1, 0.15) is 6.42 Å². The Morgan fingerprint density at radius 3 is 2.04 bits per heavy atom. The summed E-state index contributed by atoms with van der Waals surface area (Å²) in [4.78, 5) is 24.2. The molecule has 7 heteroatoms. The van der Waals surface area contributed by atoms with Gasteiger partial charge >= 0.3 is 0 Å². The zero-order valence-corrected chi connectivity index (χ0v) is 14.3. The Morgan fingerprint density at radius 1 is 0.800 bits per heavy atom. The zero-order chi connectivity index (χ0) is 18.2. The second-order valence-corrected chi connectivity index (χ2v) is 5.04. The molecule has 2 N–H and O–H groups in total. The van der Waals surface area contributed by atoms with E-state index in [1.165, 1.54) is 21.3 Å².